The van der Waals surface area contributed by atoms with Crippen molar-refractivity contribution in [2.24, 2.45) is 10.8 Å². The lowest BCUT2D eigenvalue weighted by Crippen LogP contribution is -2.42. The van der Waals surface area contributed by atoms with Crippen LogP contribution in [0.15, 0.2) is 29.5 Å². The number of aromatic nitrogens is 1. The van der Waals surface area contributed by atoms with Crippen LogP contribution in [-0.4, -0.2) is 17.0 Å². The molecule has 1 heterocycles. The van der Waals surface area contributed by atoms with Crippen LogP contribution in [0.25, 0.3) is 0 Å². The molecule has 1 aliphatic rings. The predicted molar refractivity (Wildman–Crippen MR) is 63.6 cm³/mol. The van der Waals surface area contributed by atoms with E-state index in [1.165, 1.54) is 0 Å². The lowest BCUT2D eigenvalue weighted by molar-refractivity contribution is 0.686. The van der Waals surface area contributed by atoms with Gasteiger partial charge in [0, 0.05) is 12.4 Å². The van der Waals surface area contributed by atoms with Gasteiger partial charge in [-0.25, -0.2) is 10.8 Å². The number of hydrogen-bond acceptors (Lipinski definition) is 3. The zero-order valence-corrected chi connectivity index (χ0v) is 9.35. The summed E-state index contributed by atoms with van der Waals surface area (Å²) in [5.41, 5.74) is 3.76. The summed E-state index contributed by atoms with van der Waals surface area (Å²) in [6, 6.07) is 4.56. The quantitative estimate of drug-likeness (QED) is 0.303. The maximum atomic E-state index is 5.42. The van der Waals surface area contributed by atoms with Gasteiger partial charge in [0.05, 0.1) is 12.1 Å². The van der Waals surface area contributed by atoms with E-state index >= 15 is 0 Å². The van der Waals surface area contributed by atoms with Crippen LogP contribution < -0.4 is 16.6 Å². The molecule has 1 aromatic rings. The summed E-state index contributed by atoms with van der Waals surface area (Å²) in [5, 5.41) is 3.24. The predicted octanol–water partition coefficient (Wildman–Crippen LogP) is 0.714. The van der Waals surface area contributed by atoms with Crippen LogP contribution in [0.5, 0.6) is 0 Å². The molecule has 0 radical (unpaired) electrons. The van der Waals surface area contributed by atoms with Gasteiger partial charge in [0.25, 0.3) is 0 Å². The van der Waals surface area contributed by atoms with Gasteiger partial charge in [-0.15, -0.1) is 0 Å². The van der Waals surface area contributed by atoms with E-state index in [0.29, 0.717) is 12.0 Å². The third-order valence-electron chi connectivity index (χ3n) is 2.55. The van der Waals surface area contributed by atoms with Crippen molar-refractivity contribution >= 4 is 5.96 Å². The fourth-order valence-corrected chi connectivity index (χ4v) is 1.44. The average Bonchev–Trinajstić information content (AvgIpc) is 3.13. The minimum atomic E-state index is 0.163. The molecule has 1 fully saturated rings. The van der Waals surface area contributed by atoms with Crippen LogP contribution in [0.4, 0.5) is 0 Å². The highest BCUT2D eigenvalue weighted by Crippen LogP contribution is 2.23. The summed E-state index contributed by atoms with van der Waals surface area (Å²) in [5.74, 6) is 6.08. The van der Waals surface area contributed by atoms with E-state index in [-0.39, 0.29) is 6.04 Å². The molecule has 1 unspecified atom stereocenters. The Morgan fingerprint density at radius 1 is 1.50 bits per heavy atom. The van der Waals surface area contributed by atoms with Crippen LogP contribution in [0.2, 0.25) is 0 Å². The largest absolute Gasteiger partial charge is 0.349 e. The number of hydrogen-bond donors (Lipinski definition) is 3. The van der Waals surface area contributed by atoms with Crippen LogP contribution >= 0.6 is 0 Å². The van der Waals surface area contributed by atoms with Crippen molar-refractivity contribution in [3.63, 3.8) is 0 Å². The van der Waals surface area contributed by atoms with E-state index in [4.69, 9.17) is 5.84 Å². The minimum Gasteiger partial charge on any atom is -0.349 e. The zero-order chi connectivity index (χ0) is 11.4. The number of hydrazine groups is 1. The number of nitrogens with one attached hydrogen (secondary N) is 2. The number of rotatable bonds is 3. The normalized spacial score (nSPS) is 18.0. The van der Waals surface area contributed by atoms with Crippen LogP contribution in [0.1, 0.15) is 31.4 Å². The number of pyridine rings is 1. The van der Waals surface area contributed by atoms with Crippen molar-refractivity contribution in [3.8, 4) is 0 Å². The first-order valence-corrected chi connectivity index (χ1v) is 5.50. The van der Waals surface area contributed by atoms with Crippen molar-refractivity contribution < 1.29 is 0 Å². The van der Waals surface area contributed by atoms with E-state index < -0.39 is 0 Å². The Hall–Kier alpha value is -1.62. The molecule has 0 aliphatic heterocycles. The monoisotopic (exact) mass is 219 g/mol. The molecule has 5 nitrogen and oxygen atoms in total. The molecule has 2 rings (SSSR count). The molecule has 1 aromatic heterocycles. The van der Waals surface area contributed by atoms with Gasteiger partial charge in [0.1, 0.15) is 0 Å². The van der Waals surface area contributed by atoms with Gasteiger partial charge in [-0.05, 0) is 37.5 Å². The first kappa shape index (κ1) is 10.9. The first-order valence-electron chi connectivity index (χ1n) is 5.50. The maximum absolute atomic E-state index is 5.42. The van der Waals surface area contributed by atoms with Gasteiger partial charge in [0.15, 0.2) is 0 Å². The van der Waals surface area contributed by atoms with Crippen molar-refractivity contribution in [1.82, 2.24) is 15.7 Å². The summed E-state index contributed by atoms with van der Waals surface area (Å²) in [6.45, 7) is 2.06. The summed E-state index contributed by atoms with van der Waals surface area (Å²) >= 11 is 0. The van der Waals surface area contributed by atoms with Gasteiger partial charge < -0.3 is 5.32 Å². The molecule has 0 amide bonds. The lowest BCUT2D eigenvalue weighted by Gasteiger charge is -2.16. The Labute approximate surface area is 95.1 Å². The molecule has 4 N–H and O–H groups in total. The number of nitrogens with zero attached hydrogens (tertiary/aromatic N) is 2. The Morgan fingerprint density at radius 3 is 2.75 bits per heavy atom. The second-order valence-electron chi connectivity index (χ2n) is 4.00. The Balaban J connectivity index is 1.97. The van der Waals surface area contributed by atoms with Crippen molar-refractivity contribution in [2.75, 3.05) is 0 Å². The van der Waals surface area contributed by atoms with Crippen LogP contribution in [0.3, 0.4) is 0 Å². The van der Waals surface area contributed by atoms with E-state index in [2.05, 4.69) is 27.6 Å². The highest BCUT2D eigenvalue weighted by atomic mass is 15.3. The third kappa shape index (κ3) is 2.93. The number of nitrogens with two attached hydrogens (primary N) is 1. The van der Waals surface area contributed by atoms with Gasteiger partial charge in [0.2, 0.25) is 5.96 Å². The van der Waals surface area contributed by atoms with E-state index in [1.54, 1.807) is 12.4 Å². The molecule has 86 valence electrons. The first-order chi connectivity index (χ1) is 7.79. The molecule has 5 heteroatoms. The van der Waals surface area contributed by atoms with Gasteiger partial charge in [-0.3, -0.25) is 10.4 Å². The number of aliphatic imine (C=N–C) groups is 1. The van der Waals surface area contributed by atoms with E-state index in [0.717, 1.165) is 18.4 Å². The SMILES string of the molecule is CC(NC(=NC1CC1)NN)c1ccncc1. The average molecular weight is 219 g/mol. The summed E-state index contributed by atoms with van der Waals surface area (Å²) in [6.07, 6.45) is 5.88. The highest BCUT2D eigenvalue weighted by molar-refractivity contribution is 5.79. The van der Waals surface area contributed by atoms with E-state index in [1.807, 2.05) is 12.1 Å². The standard InChI is InChI=1S/C11H17N5/c1-8(9-4-6-13-7-5-9)14-11(16-12)15-10-2-3-10/h4-8,10H,2-3,12H2,1H3,(H2,14,15,16). The summed E-state index contributed by atoms with van der Waals surface area (Å²) in [4.78, 5) is 8.41. The highest BCUT2D eigenvalue weighted by Gasteiger charge is 2.21. The Kier molecular flexibility index (Phi) is 3.36. The molecule has 1 aliphatic carbocycles. The third-order valence-corrected chi connectivity index (χ3v) is 2.55. The minimum absolute atomic E-state index is 0.163. The molecular formula is C11H17N5. The fourth-order valence-electron chi connectivity index (χ4n) is 1.44. The lowest BCUT2D eigenvalue weighted by atomic mass is 10.1. The van der Waals surface area contributed by atoms with Crippen molar-refractivity contribution in [3.05, 3.63) is 30.1 Å². The van der Waals surface area contributed by atoms with E-state index in [9.17, 15) is 0 Å². The fraction of sp³-hybridized carbons (Fsp3) is 0.455. The summed E-state index contributed by atoms with van der Waals surface area (Å²) < 4.78 is 0. The smallest absolute Gasteiger partial charge is 0.206 e. The molecule has 0 aromatic carbocycles. The van der Waals surface area contributed by atoms with Gasteiger partial charge in [-0.1, -0.05) is 0 Å². The second kappa shape index (κ2) is 4.94. The molecular weight excluding hydrogens is 202 g/mol. The molecule has 0 saturated heterocycles. The zero-order valence-electron chi connectivity index (χ0n) is 9.35. The molecule has 16 heavy (non-hydrogen) atoms. The molecule has 1 saturated carbocycles. The molecule has 0 spiro atoms. The van der Waals surface area contributed by atoms with Crippen LogP contribution in [0, 0.1) is 0 Å². The molecule has 1 atom stereocenters. The summed E-state index contributed by atoms with van der Waals surface area (Å²) in [7, 11) is 0. The number of guanidine groups is 1. The van der Waals surface area contributed by atoms with Crippen molar-refractivity contribution in [1.29, 1.82) is 0 Å². The topological polar surface area (TPSA) is 75.3 Å². The van der Waals surface area contributed by atoms with Crippen molar-refractivity contribution in [2.45, 2.75) is 31.8 Å². The van der Waals surface area contributed by atoms with Gasteiger partial charge >= 0.3 is 0 Å². The molecule has 0 bridgehead atoms. The van der Waals surface area contributed by atoms with Gasteiger partial charge in [-0.2, -0.15) is 0 Å². The maximum Gasteiger partial charge on any atom is 0.206 e. The Morgan fingerprint density at radius 2 is 2.19 bits per heavy atom. The second-order valence-corrected chi connectivity index (χ2v) is 4.00. The Bertz CT molecular complexity index is 358. The van der Waals surface area contributed by atoms with Crippen LogP contribution in [-0.2, 0) is 0 Å².